The Morgan fingerprint density at radius 2 is 2.11 bits per heavy atom. The smallest absolute Gasteiger partial charge is 0.159 e. The van der Waals surface area contributed by atoms with E-state index < -0.39 is 11.6 Å². The van der Waals surface area contributed by atoms with Gasteiger partial charge in [-0.15, -0.1) is 6.58 Å². The van der Waals surface area contributed by atoms with E-state index in [-0.39, 0.29) is 22.6 Å². The Kier molecular flexibility index (Phi) is 3.41. The summed E-state index contributed by atoms with van der Waals surface area (Å²) >= 11 is 0. The standard InChI is InChI=1S/C13H11F2N3O/c1-2-5-18-13(16)9(7-19)12(17-18)8-3-4-10(14)11(15)6-8/h2-4,6-7H,1,5,16H2. The van der Waals surface area contributed by atoms with E-state index in [0.717, 1.165) is 12.1 Å². The van der Waals surface area contributed by atoms with Gasteiger partial charge in [0.2, 0.25) is 0 Å². The lowest BCUT2D eigenvalue weighted by atomic mass is 10.1. The molecule has 0 fully saturated rings. The van der Waals surface area contributed by atoms with E-state index in [4.69, 9.17) is 5.73 Å². The molecule has 2 N–H and O–H groups in total. The molecule has 0 unspecified atom stereocenters. The molecule has 0 aliphatic carbocycles. The van der Waals surface area contributed by atoms with Crippen molar-refractivity contribution in [2.45, 2.75) is 6.54 Å². The van der Waals surface area contributed by atoms with E-state index >= 15 is 0 Å². The molecule has 0 bridgehead atoms. The SMILES string of the molecule is C=CCn1nc(-c2ccc(F)c(F)c2)c(C=O)c1N. The van der Waals surface area contributed by atoms with E-state index in [1.54, 1.807) is 6.08 Å². The van der Waals surface area contributed by atoms with Gasteiger partial charge in [-0.25, -0.2) is 13.5 Å². The van der Waals surface area contributed by atoms with Gasteiger partial charge < -0.3 is 5.73 Å². The Hall–Kier alpha value is -2.50. The van der Waals surface area contributed by atoms with Gasteiger partial charge in [0.25, 0.3) is 0 Å². The molecule has 0 saturated heterocycles. The molecular weight excluding hydrogens is 252 g/mol. The fraction of sp³-hybridized carbons (Fsp3) is 0.0769. The molecule has 0 radical (unpaired) electrons. The van der Waals surface area contributed by atoms with Gasteiger partial charge in [0.05, 0.1) is 12.1 Å². The molecule has 6 heteroatoms. The summed E-state index contributed by atoms with van der Waals surface area (Å²) in [7, 11) is 0. The maximum atomic E-state index is 13.2. The van der Waals surface area contributed by atoms with Crippen molar-refractivity contribution < 1.29 is 13.6 Å². The van der Waals surface area contributed by atoms with E-state index in [0.29, 0.717) is 12.8 Å². The zero-order chi connectivity index (χ0) is 14.0. The number of benzene rings is 1. The van der Waals surface area contributed by atoms with Crippen molar-refractivity contribution in [3.8, 4) is 11.3 Å². The van der Waals surface area contributed by atoms with Crippen molar-refractivity contribution in [3.05, 3.63) is 48.1 Å². The first-order valence-corrected chi connectivity index (χ1v) is 5.46. The Morgan fingerprint density at radius 1 is 1.37 bits per heavy atom. The second kappa shape index (κ2) is 5.01. The molecule has 0 atom stereocenters. The molecule has 4 nitrogen and oxygen atoms in total. The Labute approximate surface area is 108 Å². The minimum atomic E-state index is -1.01. The Bertz CT molecular complexity index is 650. The van der Waals surface area contributed by atoms with Gasteiger partial charge in [-0.05, 0) is 18.2 Å². The van der Waals surface area contributed by atoms with Gasteiger partial charge >= 0.3 is 0 Å². The van der Waals surface area contributed by atoms with Crippen LogP contribution in [0, 0.1) is 11.6 Å². The average molecular weight is 263 g/mol. The number of hydrogen-bond donors (Lipinski definition) is 1. The predicted octanol–water partition coefficient (Wildman–Crippen LogP) is 2.41. The number of anilines is 1. The molecule has 2 aromatic rings. The van der Waals surface area contributed by atoms with Crippen LogP contribution in [0.2, 0.25) is 0 Å². The fourth-order valence-corrected chi connectivity index (χ4v) is 1.72. The molecule has 1 aromatic carbocycles. The van der Waals surface area contributed by atoms with Crippen molar-refractivity contribution in [2.75, 3.05) is 5.73 Å². The van der Waals surface area contributed by atoms with Crippen LogP contribution in [-0.2, 0) is 6.54 Å². The van der Waals surface area contributed by atoms with Crippen LogP contribution in [-0.4, -0.2) is 16.1 Å². The van der Waals surface area contributed by atoms with E-state index in [9.17, 15) is 13.6 Å². The number of nitrogens with zero attached hydrogens (tertiary/aromatic N) is 2. The van der Waals surface area contributed by atoms with Crippen molar-refractivity contribution in [1.29, 1.82) is 0 Å². The van der Waals surface area contributed by atoms with Crippen molar-refractivity contribution in [3.63, 3.8) is 0 Å². The molecule has 0 aliphatic heterocycles. The summed E-state index contributed by atoms with van der Waals surface area (Å²) in [6.07, 6.45) is 2.10. The first-order chi connectivity index (χ1) is 9.08. The molecule has 1 heterocycles. The number of nitrogens with two attached hydrogens (primary N) is 1. The highest BCUT2D eigenvalue weighted by Gasteiger charge is 2.17. The van der Waals surface area contributed by atoms with Crippen LogP contribution in [0.25, 0.3) is 11.3 Å². The fourth-order valence-electron chi connectivity index (χ4n) is 1.72. The average Bonchev–Trinajstić information content (AvgIpc) is 2.70. The summed E-state index contributed by atoms with van der Waals surface area (Å²) in [5.41, 5.74) is 6.41. The molecule has 2 rings (SSSR count). The molecule has 1 aromatic heterocycles. The lowest BCUT2D eigenvalue weighted by Gasteiger charge is -1.99. The van der Waals surface area contributed by atoms with Gasteiger partial charge in [-0.2, -0.15) is 5.10 Å². The molecule has 0 aliphatic rings. The van der Waals surface area contributed by atoms with Gasteiger partial charge in [-0.1, -0.05) is 6.08 Å². The molecule has 0 amide bonds. The second-order valence-corrected chi connectivity index (χ2v) is 3.87. The largest absolute Gasteiger partial charge is 0.383 e. The Balaban J connectivity index is 2.60. The number of aldehydes is 1. The van der Waals surface area contributed by atoms with Gasteiger partial charge in [0.1, 0.15) is 11.5 Å². The summed E-state index contributed by atoms with van der Waals surface area (Å²) < 4.78 is 27.5. The summed E-state index contributed by atoms with van der Waals surface area (Å²) in [5, 5.41) is 4.11. The quantitative estimate of drug-likeness (QED) is 0.680. The number of aromatic nitrogens is 2. The summed E-state index contributed by atoms with van der Waals surface area (Å²) in [4.78, 5) is 11.1. The summed E-state index contributed by atoms with van der Waals surface area (Å²) in [6, 6.07) is 3.29. The Morgan fingerprint density at radius 3 is 2.68 bits per heavy atom. The van der Waals surface area contributed by atoms with E-state index in [1.807, 2.05) is 0 Å². The third-order valence-corrected chi connectivity index (χ3v) is 2.64. The molecule has 19 heavy (non-hydrogen) atoms. The summed E-state index contributed by atoms with van der Waals surface area (Å²) in [6.45, 7) is 3.86. The minimum Gasteiger partial charge on any atom is -0.383 e. The molecular formula is C13H11F2N3O. The van der Waals surface area contributed by atoms with Crippen molar-refractivity contribution in [1.82, 2.24) is 9.78 Å². The highest BCUT2D eigenvalue weighted by molar-refractivity contribution is 5.91. The monoisotopic (exact) mass is 263 g/mol. The predicted molar refractivity (Wildman–Crippen MR) is 67.6 cm³/mol. The lowest BCUT2D eigenvalue weighted by Crippen LogP contribution is -2.03. The second-order valence-electron chi connectivity index (χ2n) is 3.87. The van der Waals surface area contributed by atoms with Crippen LogP contribution in [0.4, 0.5) is 14.6 Å². The zero-order valence-corrected chi connectivity index (χ0v) is 9.94. The maximum absolute atomic E-state index is 13.2. The highest BCUT2D eigenvalue weighted by atomic mass is 19.2. The minimum absolute atomic E-state index is 0.146. The van der Waals surface area contributed by atoms with Crippen LogP contribution >= 0.6 is 0 Å². The number of nitrogen functional groups attached to an aromatic ring is 1. The number of rotatable bonds is 4. The number of halogens is 2. The summed E-state index contributed by atoms with van der Waals surface area (Å²) in [5.74, 6) is -1.81. The van der Waals surface area contributed by atoms with Gasteiger partial charge in [0.15, 0.2) is 17.9 Å². The number of carbonyl (C=O) groups excluding carboxylic acids is 1. The van der Waals surface area contributed by atoms with E-state index in [1.165, 1.54) is 10.7 Å². The van der Waals surface area contributed by atoms with Crippen LogP contribution in [0.15, 0.2) is 30.9 Å². The van der Waals surface area contributed by atoms with Crippen molar-refractivity contribution in [2.24, 2.45) is 0 Å². The zero-order valence-electron chi connectivity index (χ0n) is 9.94. The highest BCUT2D eigenvalue weighted by Crippen LogP contribution is 2.27. The number of allylic oxidation sites excluding steroid dienone is 1. The van der Waals surface area contributed by atoms with Crippen LogP contribution in [0.1, 0.15) is 10.4 Å². The van der Waals surface area contributed by atoms with Gasteiger partial charge in [0, 0.05) is 5.56 Å². The normalized spacial score (nSPS) is 10.4. The van der Waals surface area contributed by atoms with E-state index in [2.05, 4.69) is 11.7 Å². The van der Waals surface area contributed by atoms with Crippen LogP contribution in [0.3, 0.4) is 0 Å². The number of hydrogen-bond acceptors (Lipinski definition) is 3. The molecule has 0 spiro atoms. The maximum Gasteiger partial charge on any atom is 0.159 e. The van der Waals surface area contributed by atoms with Crippen LogP contribution in [0.5, 0.6) is 0 Å². The first-order valence-electron chi connectivity index (χ1n) is 5.46. The molecule has 0 saturated carbocycles. The first kappa shape index (κ1) is 12.9. The number of carbonyl (C=O) groups is 1. The van der Waals surface area contributed by atoms with Gasteiger partial charge in [-0.3, -0.25) is 4.79 Å². The van der Waals surface area contributed by atoms with Crippen LogP contribution < -0.4 is 5.73 Å². The third-order valence-electron chi connectivity index (χ3n) is 2.64. The lowest BCUT2D eigenvalue weighted by molar-refractivity contribution is 0.112. The molecule has 98 valence electrons. The third kappa shape index (κ3) is 2.24. The topological polar surface area (TPSA) is 60.9 Å². The van der Waals surface area contributed by atoms with Crippen molar-refractivity contribution >= 4 is 12.1 Å².